The second kappa shape index (κ2) is 7.68. The summed E-state index contributed by atoms with van der Waals surface area (Å²) in [6.07, 6.45) is 1.85. The fraction of sp³-hybridized carbons (Fsp3) is 0.750. The largest absolute Gasteiger partial charge is 0.383 e. The van der Waals surface area contributed by atoms with Crippen LogP contribution in [0.1, 0.15) is 24.8 Å². The van der Waals surface area contributed by atoms with Gasteiger partial charge in [-0.05, 0) is 13.8 Å². The van der Waals surface area contributed by atoms with Crippen molar-refractivity contribution in [3.63, 3.8) is 0 Å². The number of aromatic nitrogens is 1. The van der Waals surface area contributed by atoms with Crippen LogP contribution in [0.5, 0.6) is 0 Å². The molecule has 1 rings (SSSR count). The molecular formula is C12H23N3O2S. The summed E-state index contributed by atoms with van der Waals surface area (Å²) < 4.78 is 10.4. The molecule has 0 fully saturated rings. The van der Waals surface area contributed by atoms with E-state index >= 15 is 0 Å². The average Bonchev–Trinajstić information content (AvgIpc) is 2.79. The SMILES string of the molecule is COCCN(c1ncc(C(C)N)s1)C(C)COC. The van der Waals surface area contributed by atoms with Gasteiger partial charge in [0.25, 0.3) is 0 Å². The fourth-order valence-corrected chi connectivity index (χ4v) is 2.64. The van der Waals surface area contributed by atoms with Crippen molar-refractivity contribution < 1.29 is 9.47 Å². The van der Waals surface area contributed by atoms with Crippen molar-refractivity contribution in [1.82, 2.24) is 4.98 Å². The molecule has 0 amide bonds. The molecule has 2 atom stereocenters. The van der Waals surface area contributed by atoms with E-state index in [2.05, 4.69) is 16.8 Å². The van der Waals surface area contributed by atoms with Crippen molar-refractivity contribution in [3.8, 4) is 0 Å². The topological polar surface area (TPSA) is 60.6 Å². The van der Waals surface area contributed by atoms with Crippen LogP contribution in [-0.2, 0) is 9.47 Å². The number of hydrogen-bond acceptors (Lipinski definition) is 6. The summed E-state index contributed by atoms with van der Waals surface area (Å²) in [6.45, 7) is 6.21. The summed E-state index contributed by atoms with van der Waals surface area (Å²) in [7, 11) is 3.41. The number of anilines is 1. The molecule has 104 valence electrons. The van der Waals surface area contributed by atoms with E-state index < -0.39 is 0 Å². The number of thiazole rings is 1. The molecular weight excluding hydrogens is 250 g/mol. The van der Waals surface area contributed by atoms with Crippen molar-refractivity contribution in [2.75, 3.05) is 38.9 Å². The second-order valence-corrected chi connectivity index (χ2v) is 5.37. The minimum atomic E-state index is 0.0262. The van der Waals surface area contributed by atoms with Crippen LogP contribution in [0.2, 0.25) is 0 Å². The molecule has 2 N–H and O–H groups in total. The zero-order valence-corrected chi connectivity index (χ0v) is 12.4. The number of rotatable bonds is 8. The molecule has 0 aromatic carbocycles. The first kappa shape index (κ1) is 15.4. The molecule has 18 heavy (non-hydrogen) atoms. The quantitative estimate of drug-likeness (QED) is 0.780. The molecule has 0 bridgehead atoms. The summed E-state index contributed by atoms with van der Waals surface area (Å²) in [6, 6.07) is 0.287. The Labute approximate surface area is 113 Å². The van der Waals surface area contributed by atoms with Crippen LogP contribution in [0.15, 0.2) is 6.20 Å². The van der Waals surface area contributed by atoms with Crippen LogP contribution in [0, 0.1) is 0 Å². The van der Waals surface area contributed by atoms with Gasteiger partial charge in [0.15, 0.2) is 5.13 Å². The van der Waals surface area contributed by atoms with Crippen LogP contribution < -0.4 is 10.6 Å². The molecule has 0 radical (unpaired) electrons. The Morgan fingerprint density at radius 3 is 2.61 bits per heavy atom. The van der Waals surface area contributed by atoms with Gasteiger partial charge in [0.2, 0.25) is 0 Å². The van der Waals surface area contributed by atoms with Crippen molar-refractivity contribution in [2.45, 2.75) is 25.9 Å². The Balaban J connectivity index is 2.79. The third-order valence-electron chi connectivity index (χ3n) is 2.68. The van der Waals surface area contributed by atoms with Gasteiger partial charge in [-0.3, -0.25) is 0 Å². The highest BCUT2D eigenvalue weighted by Gasteiger charge is 2.18. The van der Waals surface area contributed by atoms with Crippen LogP contribution in [-0.4, -0.2) is 45.0 Å². The molecule has 0 spiro atoms. The van der Waals surface area contributed by atoms with Gasteiger partial charge in [-0.25, -0.2) is 4.98 Å². The van der Waals surface area contributed by atoms with Gasteiger partial charge < -0.3 is 20.1 Å². The standard InChI is InChI=1S/C12H23N3O2S/c1-9(8-17-4)15(5-6-16-3)12-14-7-11(18-12)10(2)13/h7,9-10H,5-6,8,13H2,1-4H3. The fourth-order valence-electron chi connectivity index (χ4n) is 1.65. The molecule has 0 aliphatic rings. The third kappa shape index (κ3) is 4.20. The van der Waals surface area contributed by atoms with Crippen LogP contribution in [0.4, 0.5) is 5.13 Å². The lowest BCUT2D eigenvalue weighted by Crippen LogP contribution is -2.38. The Morgan fingerprint density at radius 1 is 1.39 bits per heavy atom. The van der Waals surface area contributed by atoms with Crippen molar-refractivity contribution in [1.29, 1.82) is 0 Å². The minimum Gasteiger partial charge on any atom is -0.383 e. The Hall–Kier alpha value is -0.690. The summed E-state index contributed by atoms with van der Waals surface area (Å²) >= 11 is 1.63. The van der Waals surface area contributed by atoms with Crippen LogP contribution >= 0.6 is 11.3 Å². The van der Waals surface area contributed by atoms with Gasteiger partial charge in [-0.2, -0.15) is 0 Å². The molecule has 0 aliphatic carbocycles. The summed E-state index contributed by atoms with van der Waals surface area (Å²) in [5, 5.41) is 0.976. The highest BCUT2D eigenvalue weighted by molar-refractivity contribution is 7.15. The molecule has 0 aliphatic heterocycles. The molecule has 0 saturated carbocycles. The molecule has 6 heteroatoms. The lowest BCUT2D eigenvalue weighted by Gasteiger charge is -2.28. The van der Waals surface area contributed by atoms with E-state index in [0.717, 1.165) is 16.6 Å². The van der Waals surface area contributed by atoms with Gasteiger partial charge in [-0.1, -0.05) is 0 Å². The maximum absolute atomic E-state index is 5.86. The van der Waals surface area contributed by atoms with Gasteiger partial charge in [0, 0.05) is 37.9 Å². The van der Waals surface area contributed by atoms with Gasteiger partial charge in [0.05, 0.1) is 19.3 Å². The Morgan fingerprint density at radius 2 is 2.11 bits per heavy atom. The maximum Gasteiger partial charge on any atom is 0.185 e. The van der Waals surface area contributed by atoms with Crippen LogP contribution in [0.3, 0.4) is 0 Å². The van der Waals surface area contributed by atoms with E-state index in [0.29, 0.717) is 13.2 Å². The van der Waals surface area contributed by atoms with E-state index in [1.54, 1.807) is 25.6 Å². The Kier molecular flexibility index (Phi) is 6.56. The molecule has 2 unspecified atom stereocenters. The first-order chi connectivity index (χ1) is 8.60. The van der Waals surface area contributed by atoms with E-state index in [9.17, 15) is 0 Å². The first-order valence-electron chi connectivity index (χ1n) is 6.06. The lowest BCUT2D eigenvalue weighted by atomic mass is 10.3. The highest BCUT2D eigenvalue weighted by Crippen LogP contribution is 2.27. The van der Waals surface area contributed by atoms with E-state index in [-0.39, 0.29) is 12.1 Å². The normalized spacial score (nSPS) is 14.5. The second-order valence-electron chi connectivity index (χ2n) is 4.32. The van der Waals surface area contributed by atoms with E-state index in [1.807, 2.05) is 13.1 Å². The first-order valence-corrected chi connectivity index (χ1v) is 6.87. The lowest BCUT2D eigenvalue weighted by molar-refractivity contribution is 0.171. The number of nitrogens with two attached hydrogens (primary N) is 1. The molecule has 5 nitrogen and oxygen atoms in total. The molecule has 1 heterocycles. The highest BCUT2D eigenvalue weighted by atomic mass is 32.1. The summed E-state index contributed by atoms with van der Waals surface area (Å²) in [4.78, 5) is 7.74. The summed E-state index contributed by atoms with van der Waals surface area (Å²) in [5.41, 5.74) is 5.86. The van der Waals surface area contributed by atoms with E-state index in [4.69, 9.17) is 15.2 Å². The predicted octanol–water partition coefficient (Wildman–Crippen LogP) is 1.65. The monoisotopic (exact) mass is 273 g/mol. The minimum absolute atomic E-state index is 0.0262. The zero-order chi connectivity index (χ0) is 13.5. The van der Waals surface area contributed by atoms with Gasteiger partial charge in [-0.15, -0.1) is 11.3 Å². The van der Waals surface area contributed by atoms with Gasteiger partial charge in [0.1, 0.15) is 0 Å². The Bertz CT molecular complexity index is 344. The number of nitrogens with zero attached hydrogens (tertiary/aromatic N) is 2. The number of ether oxygens (including phenoxy) is 2. The molecule has 0 saturated heterocycles. The zero-order valence-electron chi connectivity index (χ0n) is 11.5. The number of methoxy groups -OCH3 is 2. The van der Waals surface area contributed by atoms with Crippen LogP contribution in [0.25, 0.3) is 0 Å². The molecule has 1 aromatic rings. The smallest absolute Gasteiger partial charge is 0.185 e. The van der Waals surface area contributed by atoms with E-state index in [1.165, 1.54) is 0 Å². The third-order valence-corrected chi connectivity index (χ3v) is 3.92. The van der Waals surface area contributed by atoms with Crippen molar-refractivity contribution >= 4 is 16.5 Å². The predicted molar refractivity (Wildman–Crippen MR) is 75.3 cm³/mol. The maximum atomic E-state index is 5.86. The average molecular weight is 273 g/mol. The van der Waals surface area contributed by atoms with Gasteiger partial charge >= 0.3 is 0 Å². The van der Waals surface area contributed by atoms with Crippen molar-refractivity contribution in [3.05, 3.63) is 11.1 Å². The molecule has 1 aromatic heterocycles. The number of hydrogen-bond donors (Lipinski definition) is 1. The van der Waals surface area contributed by atoms with Crippen molar-refractivity contribution in [2.24, 2.45) is 5.73 Å². The summed E-state index contributed by atoms with van der Waals surface area (Å²) in [5.74, 6) is 0.